The Kier molecular flexibility index (Phi) is 6.05. The number of para-hydroxylation sites is 1. The predicted molar refractivity (Wildman–Crippen MR) is 84.3 cm³/mol. The van der Waals surface area contributed by atoms with Gasteiger partial charge in [0.2, 0.25) is 5.91 Å². The Labute approximate surface area is 127 Å². The molecule has 1 aliphatic rings. The molecule has 0 heterocycles. The van der Waals surface area contributed by atoms with Gasteiger partial charge in [-0.25, -0.2) is 0 Å². The molecule has 21 heavy (non-hydrogen) atoms. The zero-order chi connectivity index (χ0) is 15.1. The number of aryl methyl sites for hydroxylation is 1. The molecule has 2 rings (SSSR count). The summed E-state index contributed by atoms with van der Waals surface area (Å²) in [6, 6.07) is 8.57. The third-order valence-electron chi connectivity index (χ3n) is 4.04. The average molecular weight is 290 g/mol. The molecule has 3 N–H and O–H groups in total. The topological polar surface area (TPSA) is 64.3 Å². The second-order valence-corrected chi connectivity index (χ2v) is 5.90. The van der Waals surface area contributed by atoms with Crippen molar-refractivity contribution in [3.8, 4) is 5.75 Å². The normalized spacial score (nSPS) is 21.8. The van der Waals surface area contributed by atoms with E-state index in [-0.39, 0.29) is 5.91 Å². The van der Waals surface area contributed by atoms with Crippen molar-refractivity contribution in [2.75, 3.05) is 6.61 Å². The van der Waals surface area contributed by atoms with Gasteiger partial charge in [0.1, 0.15) is 5.75 Å². The van der Waals surface area contributed by atoms with E-state index in [0.29, 0.717) is 25.1 Å². The van der Waals surface area contributed by atoms with E-state index in [0.717, 1.165) is 43.4 Å². The lowest BCUT2D eigenvalue weighted by Gasteiger charge is -2.26. The zero-order valence-electron chi connectivity index (χ0n) is 12.8. The maximum atomic E-state index is 11.9. The molecule has 0 aromatic heterocycles. The largest absolute Gasteiger partial charge is 0.493 e. The summed E-state index contributed by atoms with van der Waals surface area (Å²) in [5.74, 6) is 1.03. The Morgan fingerprint density at radius 3 is 2.71 bits per heavy atom. The van der Waals surface area contributed by atoms with Gasteiger partial charge in [-0.1, -0.05) is 18.2 Å². The van der Waals surface area contributed by atoms with Crippen molar-refractivity contribution in [1.82, 2.24) is 5.32 Å². The number of carbonyl (C=O) groups excluding carboxylic acids is 1. The number of carbonyl (C=O) groups is 1. The highest BCUT2D eigenvalue weighted by atomic mass is 16.5. The van der Waals surface area contributed by atoms with E-state index in [9.17, 15) is 4.79 Å². The van der Waals surface area contributed by atoms with E-state index in [1.54, 1.807) is 0 Å². The second-order valence-electron chi connectivity index (χ2n) is 5.90. The highest BCUT2D eigenvalue weighted by molar-refractivity contribution is 5.76. The maximum Gasteiger partial charge on any atom is 0.220 e. The van der Waals surface area contributed by atoms with Crippen LogP contribution in [-0.2, 0) is 4.79 Å². The van der Waals surface area contributed by atoms with Crippen LogP contribution in [0, 0.1) is 6.92 Å². The first-order chi connectivity index (χ1) is 10.1. The zero-order valence-corrected chi connectivity index (χ0v) is 12.8. The monoisotopic (exact) mass is 290 g/mol. The number of rotatable bonds is 6. The molecule has 0 radical (unpaired) electrons. The van der Waals surface area contributed by atoms with Crippen molar-refractivity contribution in [3.05, 3.63) is 29.8 Å². The smallest absolute Gasteiger partial charge is 0.220 e. The van der Waals surface area contributed by atoms with Crippen LogP contribution in [-0.4, -0.2) is 24.6 Å². The highest BCUT2D eigenvalue weighted by Crippen LogP contribution is 2.18. The molecular formula is C17H26N2O2. The number of hydrogen-bond donors (Lipinski definition) is 2. The molecule has 4 heteroatoms. The molecule has 4 nitrogen and oxygen atoms in total. The molecule has 0 atom stereocenters. The second kappa shape index (κ2) is 8.03. The number of amides is 1. The van der Waals surface area contributed by atoms with Gasteiger partial charge in [0.25, 0.3) is 0 Å². The number of benzene rings is 1. The van der Waals surface area contributed by atoms with Crippen molar-refractivity contribution in [2.45, 2.75) is 57.5 Å². The molecule has 0 spiro atoms. The molecule has 1 aromatic carbocycles. The summed E-state index contributed by atoms with van der Waals surface area (Å²) in [6.45, 7) is 2.60. The summed E-state index contributed by atoms with van der Waals surface area (Å²) in [5, 5.41) is 3.10. The van der Waals surface area contributed by atoms with Crippen molar-refractivity contribution in [3.63, 3.8) is 0 Å². The SMILES string of the molecule is Cc1ccccc1OCCCC(=O)NC1CCC(N)CC1. The number of nitrogens with two attached hydrogens (primary N) is 1. The molecule has 116 valence electrons. The first kappa shape index (κ1) is 15.8. The van der Waals surface area contributed by atoms with E-state index in [1.807, 2.05) is 31.2 Å². The fourth-order valence-corrected chi connectivity index (χ4v) is 2.70. The van der Waals surface area contributed by atoms with Gasteiger partial charge in [-0.05, 0) is 50.7 Å². The van der Waals surface area contributed by atoms with Crippen LogP contribution in [0.25, 0.3) is 0 Å². The molecular weight excluding hydrogens is 264 g/mol. The van der Waals surface area contributed by atoms with Crippen LogP contribution in [0.1, 0.15) is 44.1 Å². The van der Waals surface area contributed by atoms with Crippen molar-refractivity contribution >= 4 is 5.91 Å². The molecule has 1 aliphatic carbocycles. The molecule has 1 saturated carbocycles. The third-order valence-corrected chi connectivity index (χ3v) is 4.04. The van der Waals surface area contributed by atoms with Crippen LogP contribution in [0.3, 0.4) is 0 Å². The lowest BCUT2D eigenvalue weighted by Crippen LogP contribution is -2.40. The van der Waals surface area contributed by atoms with Gasteiger partial charge >= 0.3 is 0 Å². The third kappa shape index (κ3) is 5.38. The van der Waals surface area contributed by atoms with Crippen LogP contribution >= 0.6 is 0 Å². The lowest BCUT2D eigenvalue weighted by atomic mass is 9.92. The Morgan fingerprint density at radius 2 is 2.00 bits per heavy atom. The first-order valence-electron chi connectivity index (χ1n) is 7.88. The van der Waals surface area contributed by atoms with Crippen molar-refractivity contribution < 1.29 is 9.53 Å². The predicted octanol–water partition coefficient (Wildman–Crippen LogP) is 2.54. The molecule has 0 bridgehead atoms. The van der Waals surface area contributed by atoms with E-state index >= 15 is 0 Å². The van der Waals surface area contributed by atoms with E-state index < -0.39 is 0 Å². The van der Waals surface area contributed by atoms with E-state index in [2.05, 4.69) is 5.32 Å². The number of nitrogens with one attached hydrogen (secondary N) is 1. The average Bonchev–Trinajstić information content (AvgIpc) is 2.48. The van der Waals surface area contributed by atoms with Crippen LogP contribution in [0.5, 0.6) is 5.75 Å². The Morgan fingerprint density at radius 1 is 1.29 bits per heavy atom. The molecule has 0 aliphatic heterocycles. The maximum absolute atomic E-state index is 11.9. The molecule has 1 amide bonds. The van der Waals surface area contributed by atoms with Crippen LogP contribution in [0.4, 0.5) is 0 Å². The summed E-state index contributed by atoms with van der Waals surface area (Å²) in [4.78, 5) is 11.9. The van der Waals surface area contributed by atoms with Crippen LogP contribution in [0.2, 0.25) is 0 Å². The summed E-state index contributed by atoms with van der Waals surface area (Å²) in [7, 11) is 0. The summed E-state index contributed by atoms with van der Waals surface area (Å²) < 4.78 is 5.69. The molecule has 1 fully saturated rings. The van der Waals surface area contributed by atoms with Gasteiger partial charge in [0.15, 0.2) is 0 Å². The minimum Gasteiger partial charge on any atom is -0.493 e. The van der Waals surface area contributed by atoms with Crippen LogP contribution < -0.4 is 15.8 Å². The molecule has 1 aromatic rings. The van der Waals surface area contributed by atoms with E-state index in [4.69, 9.17) is 10.5 Å². The van der Waals surface area contributed by atoms with Crippen LogP contribution in [0.15, 0.2) is 24.3 Å². The number of ether oxygens (including phenoxy) is 1. The molecule has 0 unspecified atom stereocenters. The highest BCUT2D eigenvalue weighted by Gasteiger charge is 2.19. The van der Waals surface area contributed by atoms with Gasteiger partial charge < -0.3 is 15.8 Å². The Bertz CT molecular complexity index is 454. The van der Waals surface area contributed by atoms with Crippen molar-refractivity contribution in [2.24, 2.45) is 5.73 Å². The minimum absolute atomic E-state index is 0.129. The number of hydrogen-bond acceptors (Lipinski definition) is 3. The van der Waals surface area contributed by atoms with E-state index in [1.165, 1.54) is 0 Å². The fraction of sp³-hybridized carbons (Fsp3) is 0.588. The lowest BCUT2D eigenvalue weighted by molar-refractivity contribution is -0.122. The first-order valence-corrected chi connectivity index (χ1v) is 7.88. The minimum atomic E-state index is 0.129. The standard InChI is InChI=1S/C17H26N2O2/c1-13-5-2-3-6-16(13)21-12-4-7-17(20)19-15-10-8-14(18)9-11-15/h2-3,5-6,14-15H,4,7-12,18H2,1H3,(H,19,20). The van der Waals surface area contributed by atoms with Gasteiger partial charge in [0, 0.05) is 18.5 Å². The Hall–Kier alpha value is -1.55. The van der Waals surface area contributed by atoms with Crippen molar-refractivity contribution in [1.29, 1.82) is 0 Å². The molecule has 0 saturated heterocycles. The van der Waals surface area contributed by atoms with Gasteiger partial charge in [-0.2, -0.15) is 0 Å². The summed E-state index contributed by atoms with van der Waals surface area (Å²) >= 11 is 0. The van der Waals surface area contributed by atoms with Gasteiger partial charge in [-0.3, -0.25) is 4.79 Å². The summed E-state index contributed by atoms with van der Waals surface area (Å²) in [5.41, 5.74) is 6.99. The quantitative estimate of drug-likeness (QED) is 0.791. The van der Waals surface area contributed by atoms with Gasteiger partial charge in [0.05, 0.1) is 6.61 Å². The Balaban J connectivity index is 1.60. The van der Waals surface area contributed by atoms with Gasteiger partial charge in [-0.15, -0.1) is 0 Å². The fourth-order valence-electron chi connectivity index (χ4n) is 2.70. The summed E-state index contributed by atoms with van der Waals surface area (Å²) in [6.07, 6.45) is 5.31.